The molecule has 3 rings (SSSR count). The van der Waals surface area contributed by atoms with Gasteiger partial charge in [-0.15, -0.1) is 0 Å². The fraction of sp³-hybridized carbons (Fsp3) is 0.941. The second kappa shape index (κ2) is 6.46. The minimum Gasteiger partial charge on any atom is -0.381 e. The molecule has 0 saturated carbocycles. The molecule has 0 bridgehead atoms. The molecule has 1 amide bonds. The summed E-state index contributed by atoms with van der Waals surface area (Å²) >= 11 is 0. The number of carbonyl (C=O) groups excluding carboxylic acids is 1. The molecule has 2 atom stereocenters. The van der Waals surface area contributed by atoms with E-state index in [1.165, 1.54) is 0 Å². The van der Waals surface area contributed by atoms with E-state index in [1.807, 2.05) is 0 Å². The Morgan fingerprint density at radius 3 is 2.73 bits per heavy atom. The third-order valence-corrected chi connectivity index (χ3v) is 6.07. The van der Waals surface area contributed by atoms with Gasteiger partial charge in [0.25, 0.3) is 0 Å². The number of carbonyl (C=O) groups is 1. The summed E-state index contributed by atoms with van der Waals surface area (Å²) in [5.41, 5.74) is -0.225. The van der Waals surface area contributed by atoms with E-state index in [2.05, 4.69) is 24.5 Å². The van der Waals surface area contributed by atoms with Crippen molar-refractivity contribution in [3.05, 3.63) is 0 Å². The highest BCUT2D eigenvalue weighted by Gasteiger charge is 2.51. The SMILES string of the molecule is CC(C)(CNC(=O)[C@]12CNC[C@H]1CCOC2)C1CCOCC1. The molecule has 3 saturated heterocycles. The fourth-order valence-corrected chi connectivity index (χ4v) is 4.28. The lowest BCUT2D eigenvalue weighted by Gasteiger charge is -2.40. The van der Waals surface area contributed by atoms with Crippen LogP contribution in [-0.2, 0) is 14.3 Å². The zero-order chi connectivity index (χ0) is 15.6. The first kappa shape index (κ1) is 16.2. The maximum Gasteiger partial charge on any atom is 0.230 e. The third kappa shape index (κ3) is 3.03. The van der Waals surface area contributed by atoms with Crippen molar-refractivity contribution in [1.82, 2.24) is 10.6 Å². The summed E-state index contributed by atoms with van der Waals surface area (Å²) in [7, 11) is 0. The molecule has 5 nitrogen and oxygen atoms in total. The number of rotatable bonds is 4. The summed E-state index contributed by atoms with van der Waals surface area (Å²) in [5, 5.41) is 6.64. The molecule has 2 N–H and O–H groups in total. The van der Waals surface area contributed by atoms with Gasteiger partial charge in [0.2, 0.25) is 5.91 Å². The lowest BCUT2D eigenvalue weighted by atomic mass is 9.73. The van der Waals surface area contributed by atoms with E-state index >= 15 is 0 Å². The van der Waals surface area contributed by atoms with Gasteiger partial charge in [-0.3, -0.25) is 4.79 Å². The molecule has 0 unspecified atom stereocenters. The van der Waals surface area contributed by atoms with Gasteiger partial charge in [-0.2, -0.15) is 0 Å². The number of hydrogen-bond donors (Lipinski definition) is 2. The average Bonchev–Trinajstić information content (AvgIpc) is 2.99. The van der Waals surface area contributed by atoms with Crippen LogP contribution in [-0.4, -0.2) is 52.0 Å². The minimum absolute atomic E-state index is 0.118. The quantitative estimate of drug-likeness (QED) is 0.819. The van der Waals surface area contributed by atoms with Gasteiger partial charge in [0.1, 0.15) is 0 Å². The highest BCUT2D eigenvalue weighted by molar-refractivity contribution is 5.84. The van der Waals surface area contributed by atoms with Crippen LogP contribution in [0.15, 0.2) is 0 Å². The highest BCUT2D eigenvalue weighted by Crippen LogP contribution is 2.39. The first-order valence-electron chi connectivity index (χ1n) is 8.69. The Hall–Kier alpha value is -0.650. The maximum absolute atomic E-state index is 12.9. The number of ether oxygens (including phenoxy) is 2. The molecule has 0 aromatic rings. The summed E-state index contributed by atoms with van der Waals surface area (Å²) in [5.74, 6) is 1.23. The molecule has 0 radical (unpaired) electrons. The van der Waals surface area contributed by atoms with Crippen LogP contribution >= 0.6 is 0 Å². The maximum atomic E-state index is 12.9. The molecule has 0 aromatic carbocycles. The van der Waals surface area contributed by atoms with Gasteiger partial charge in [0, 0.05) is 32.9 Å². The first-order chi connectivity index (χ1) is 10.5. The summed E-state index contributed by atoms with van der Waals surface area (Å²) < 4.78 is 11.1. The van der Waals surface area contributed by atoms with E-state index in [9.17, 15) is 4.79 Å². The van der Waals surface area contributed by atoms with Crippen LogP contribution in [0.3, 0.4) is 0 Å². The number of fused-ring (bicyclic) bond motifs is 1. The van der Waals surface area contributed by atoms with Crippen molar-refractivity contribution >= 4 is 5.91 Å². The van der Waals surface area contributed by atoms with Gasteiger partial charge >= 0.3 is 0 Å². The van der Waals surface area contributed by atoms with Crippen LogP contribution in [0.2, 0.25) is 0 Å². The third-order valence-electron chi connectivity index (χ3n) is 6.07. The Morgan fingerprint density at radius 2 is 1.95 bits per heavy atom. The van der Waals surface area contributed by atoms with Crippen molar-refractivity contribution in [3.63, 3.8) is 0 Å². The second-order valence-corrected chi connectivity index (χ2v) is 7.88. The van der Waals surface area contributed by atoms with E-state index in [4.69, 9.17) is 9.47 Å². The van der Waals surface area contributed by atoms with Gasteiger partial charge in [0.15, 0.2) is 0 Å². The summed E-state index contributed by atoms with van der Waals surface area (Å²) in [6, 6.07) is 0. The molecule has 3 aliphatic rings. The molecular formula is C17H30N2O3. The van der Waals surface area contributed by atoms with Crippen molar-refractivity contribution in [3.8, 4) is 0 Å². The molecule has 126 valence electrons. The van der Waals surface area contributed by atoms with E-state index in [0.29, 0.717) is 18.4 Å². The minimum atomic E-state index is -0.343. The Morgan fingerprint density at radius 1 is 1.23 bits per heavy atom. The van der Waals surface area contributed by atoms with Crippen LogP contribution in [0.5, 0.6) is 0 Å². The fourth-order valence-electron chi connectivity index (χ4n) is 4.28. The van der Waals surface area contributed by atoms with Gasteiger partial charge in [-0.05, 0) is 43.1 Å². The molecule has 22 heavy (non-hydrogen) atoms. The summed E-state index contributed by atoms with van der Waals surface area (Å²) in [6.07, 6.45) is 3.19. The molecule has 3 fully saturated rings. The molecule has 0 aromatic heterocycles. The predicted octanol–water partition coefficient (Wildman–Crippen LogP) is 1.18. The summed E-state index contributed by atoms with van der Waals surface area (Å²) in [4.78, 5) is 12.9. The normalized spacial score (nSPS) is 33.5. The zero-order valence-corrected chi connectivity index (χ0v) is 14.0. The molecular weight excluding hydrogens is 280 g/mol. The van der Waals surface area contributed by atoms with Gasteiger partial charge in [-0.25, -0.2) is 0 Å². The number of nitrogens with one attached hydrogen (secondary N) is 2. The van der Waals surface area contributed by atoms with Crippen molar-refractivity contribution in [1.29, 1.82) is 0 Å². The Balaban J connectivity index is 1.59. The number of hydrogen-bond acceptors (Lipinski definition) is 4. The predicted molar refractivity (Wildman–Crippen MR) is 84.6 cm³/mol. The van der Waals surface area contributed by atoms with E-state index in [-0.39, 0.29) is 16.7 Å². The average molecular weight is 310 g/mol. The summed E-state index contributed by atoms with van der Waals surface area (Å²) in [6.45, 7) is 10.0. The van der Waals surface area contributed by atoms with E-state index < -0.39 is 0 Å². The van der Waals surface area contributed by atoms with Crippen LogP contribution < -0.4 is 10.6 Å². The number of amides is 1. The van der Waals surface area contributed by atoms with Gasteiger partial charge in [-0.1, -0.05) is 13.8 Å². The van der Waals surface area contributed by atoms with Crippen molar-refractivity contribution in [2.24, 2.45) is 22.7 Å². The van der Waals surface area contributed by atoms with Gasteiger partial charge in [0.05, 0.1) is 12.0 Å². The van der Waals surface area contributed by atoms with Gasteiger partial charge < -0.3 is 20.1 Å². The Labute approximate surface area is 133 Å². The van der Waals surface area contributed by atoms with Crippen LogP contribution in [0.1, 0.15) is 33.1 Å². The Bertz CT molecular complexity index is 407. The zero-order valence-electron chi connectivity index (χ0n) is 14.0. The monoisotopic (exact) mass is 310 g/mol. The second-order valence-electron chi connectivity index (χ2n) is 7.88. The van der Waals surface area contributed by atoms with Crippen molar-refractivity contribution < 1.29 is 14.3 Å². The van der Waals surface area contributed by atoms with Crippen molar-refractivity contribution in [2.45, 2.75) is 33.1 Å². The first-order valence-corrected chi connectivity index (χ1v) is 8.69. The topological polar surface area (TPSA) is 59.6 Å². The van der Waals surface area contributed by atoms with E-state index in [1.54, 1.807) is 0 Å². The lowest BCUT2D eigenvalue weighted by molar-refractivity contribution is -0.142. The smallest absolute Gasteiger partial charge is 0.230 e. The van der Waals surface area contributed by atoms with Crippen LogP contribution in [0.4, 0.5) is 0 Å². The van der Waals surface area contributed by atoms with Crippen LogP contribution in [0, 0.1) is 22.7 Å². The highest BCUT2D eigenvalue weighted by atomic mass is 16.5. The molecule has 0 spiro atoms. The Kier molecular flexibility index (Phi) is 4.76. The standard InChI is InChI=1S/C17H30N2O3/c1-16(2,13-3-6-21-7-4-13)10-19-15(20)17-11-18-9-14(17)5-8-22-12-17/h13-14,18H,3-12H2,1-2H3,(H,19,20)/t14-,17+/m1/s1. The lowest BCUT2D eigenvalue weighted by Crippen LogP contribution is -2.53. The largest absolute Gasteiger partial charge is 0.381 e. The van der Waals surface area contributed by atoms with E-state index in [0.717, 1.165) is 58.7 Å². The van der Waals surface area contributed by atoms with Crippen LogP contribution in [0.25, 0.3) is 0 Å². The molecule has 3 aliphatic heterocycles. The molecule has 3 heterocycles. The van der Waals surface area contributed by atoms with Crippen molar-refractivity contribution in [2.75, 3.05) is 46.1 Å². The molecule has 5 heteroatoms. The molecule has 0 aliphatic carbocycles.